The first-order chi connectivity index (χ1) is 9.65. The molecule has 1 aromatic carbocycles. The number of hydrogen-bond donors (Lipinski definition) is 1. The molecule has 0 radical (unpaired) electrons. The predicted octanol–water partition coefficient (Wildman–Crippen LogP) is 4.11. The second-order valence-electron chi connectivity index (χ2n) is 5.58. The molecule has 3 nitrogen and oxygen atoms in total. The van der Waals surface area contributed by atoms with Crippen LogP contribution < -0.4 is 5.76 Å². The van der Waals surface area contributed by atoms with E-state index in [0.29, 0.717) is 12.1 Å². The van der Waals surface area contributed by atoms with Crippen LogP contribution in [0, 0.1) is 5.41 Å². The Morgan fingerprint density at radius 3 is 2.45 bits per heavy atom. The highest BCUT2D eigenvalue weighted by Gasteiger charge is 2.29. The van der Waals surface area contributed by atoms with E-state index in [0.717, 1.165) is 37.0 Å². The first-order valence-corrected chi connectivity index (χ1v) is 7.98. The third-order valence-corrected chi connectivity index (χ3v) is 4.63. The van der Waals surface area contributed by atoms with Crippen molar-refractivity contribution in [2.75, 3.05) is 5.75 Å². The fraction of sp³-hybridized carbons (Fsp3) is 0.562. The van der Waals surface area contributed by atoms with Crippen molar-refractivity contribution in [3.63, 3.8) is 0 Å². The summed E-state index contributed by atoms with van der Waals surface area (Å²) < 4.78 is 7.10. The molecule has 0 bridgehead atoms. The second kappa shape index (κ2) is 6.53. The molecule has 0 saturated carbocycles. The van der Waals surface area contributed by atoms with E-state index in [9.17, 15) is 4.79 Å². The molecule has 0 unspecified atom stereocenters. The van der Waals surface area contributed by atoms with Gasteiger partial charge in [0.1, 0.15) is 0 Å². The van der Waals surface area contributed by atoms with Gasteiger partial charge in [0, 0.05) is 6.54 Å². The highest BCUT2D eigenvalue weighted by molar-refractivity contribution is 7.80. The zero-order valence-corrected chi connectivity index (χ0v) is 13.2. The molecule has 0 N–H and O–H groups in total. The highest BCUT2D eigenvalue weighted by Crippen LogP contribution is 2.33. The maximum absolute atomic E-state index is 12.1. The normalized spacial score (nSPS) is 12.2. The zero-order chi connectivity index (χ0) is 14.6. The summed E-state index contributed by atoms with van der Waals surface area (Å²) >= 11 is 4.56. The van der Waals surface area contributed by atoms with Gasteiger partial charge in [0.15, 0.2) is 5.58 Å². The molecule has 0 saturated heterocycles. The van der Waals surface area contributed by atoms with Gasteiger partial charge in [0.05, 0.1) is 5.52 Å². The summed E-state index contributed by atoms with van der Waals surface area (Å²) in [4.78, 5) is 12.1. The van der Waals surface area contributed by atoms with Gasteiger partial charge in [-0.1, -0.05) is 38.8 Å². The first kappa shape index (κ1) is 15.2. The van der Waals surface area contributed by atoms with Crippen molar-refractivity contribution in [2.45, 2.75) is 46.1 Å². The van der Waals surface area contributed by atoms with Crippen molar-refractivity contribution in [1.29, 1.82) is 0 Å². The summed E-state index contributed by atoms with van der Waals surface area (Å²) in [6.07, 6.45) is 4.36. The van der Waals surface area contributed by atoms with Crippen LogP contribution in [-0.4, -0.2) is 10.3 Å². The minimum atomic E-state index is -0.260. The van der Waals surface area contributed by atoms with Gasteiger partial charge in [-0.3, -0.25) is 4.57 Å². The Morgan fingerprint density at radius 2 is 1.85 bits per heavy atom. The van der Waals surface area contributed by atoms with Gasteiger partial charge in [-0.2, -0.15) is 12.6 Å². The molecule has 0 aliphatic carbocycles. The van der Waals surface area contributed by atoms with Gasteiger partial charge in [-0.25, -0.2) is 4.79 Å². The van der Waals surface area contributed by atoms with Crippen LogP contribution in [-0.2, 0) is 6.54 Å². The molecule has 1 aromatic heterocycles. The fourth-order valence-electron chi connectivity index (χ4n) is 3.05. The largest absolute Gasteiger partial charge is 0.419 e. The van der Waals surface area contributed by atoms with E-state index in [1.165, 1.54) is 0 Å². The lowest BCUT2D eigenvalue weighted by Crippen LogP contribution is -2.32. The summed E-state index contributed by atoms with van der Waals surface area (Å²) in [5, 5.41) is 0. The Hall–Kier alpha value is -1.16. The van der Waals surface area contributed by atoms with Gasteiger partial charge < -0.3 is 4.42 Å². The average Bonchev–Trinajstić information content (AvgIpc) is 2.75. The number of rotatable bonds is 7. The van der Waals surface area contributed by atoms with Crippen molar-refractivity contribution < 1.29 is 4.42 Å². The minimum Gasteiger partial charge on any atom is -0.408 e. The summed E-state index contributed by atoms with van der Waals surface area (Å²) in [5.41, 5.74) is 1.62. The number of nitrogens with zero attached hydrogens (tertiary/aromatic N) is 1. The number of benzene rings is 1. The lowest BCUT2D eigenvalue weighted by atomic mass is 9.81. The Morgan fingerprint density at radius 1 is 1.20 bits per heavy atom. The maximum Gasteiger partial charge on any atom is 0.419 e. The number of para-hydroxylation sites is 2. The summed E-state index contributed by atoms with van der Waals surface area (Å²) in [6, 6.07) is 7.62. The number of oxazole rings is 1. The molecule has 0 aliphatic heterocycles. The zero-order valence-electron chi connectivity index (χ0n) is 12.3. The molecule has 0 amide bonds. The molecular weight excluding hydrogens is 270 g/mol. The smallest absolute Gasteiger partial charge is 0.408 e. The number of fused-ring (bicyclic) bond motifs is 1. The number of aromatic nitrogens is 1. The van der Waals surface area contributed by atoms with E-state index in [1.807, 2.05) is 24.3 Å². The van der Waals surface area contributed by atoms with Crippen LogP contribution >= 0.6 is 12.6 Å². The lowest BCUT2D eigenvalue weighted by Gasteiger charge is -2.32. The number of thiol groups is 1. The molecular formula is C16H23NO2S. The SMILES string of the molecule is CCCC(CS)(CCC)Cn1c(=O)oc2ccccc21. The van der Waals surface area contributed by atoms with Gasteiger partial charge >= 0.3 is 5.76 Å². The Bertz CT molecular complexity index is 608. The van der Waals surface area contributed by atoms with Crippen molar-refractivity contribution in [3.8, 4) is 0 Å². The van der Waals surface area contributed by atoms with E-state index in [1.54, 1.807) is 4.57 Å². The van der Waals surface area contributed by atoms with E-state index < -0.39 is 0 Å². The molecule has 1 heterocycles. The molecule has 0 spiro atoms. The first-order valence-electron chi connectivity index (χ1n) is 7.35. The molecule has 110 valence electrons. The molecule has 0 atom stereocenters. The standard InChI is InChI=1S/C16H23NO2S/c1-3-9-16(12-20,10-4-2)11-17-13-7-5-6-8-14(13)19-15(17)18/h5-8,20H,3-4,9-12H2,1-2H3. The predicted molar refractivity (Wildman–Crippen MR) is 86.6 cm³/mol. The van der Waals surface area contributed by atoms with Gasteiger partial charge in [-0.15, -0.1) is 0 Å². The minimum absolute atomic E-state index is 0.0725. The van der Waals surface area contributed by atoms with Crippen LogP contribution in [0.4, 0.5) is 0 Å². The highest BCUT2D eigenvalue weighted by atomic mass is 32.1. The van der Waals surface area contributed by atoms with Crippen LogP contribution in [0.15, 0.2) is 33.5 Å². The molecule has 0 aliphatic rings. The van der Waals surface area contributed by atoms with E-state index >= 15 is 0 Å². The van der Waals surface area contributed by atoms with Crippen LogP contribution in [0.1, 0.15) is 39.5 Å². The molecule has 2 aromatic rings. The maximum atomic E-state index is 12.1. The molecule has 0 fully saturated rings. The van der Waals surface area contributed by atoms with Gasteiger partial charge in [-0.05, 0) is 36.1 Å². The summed E-state index contributed by atoms with van der Waals surface area (Å²) in [6.45, 7) is 5.06. The van der Waals surface area contributed by atoms with E-state index in [4.69, 9.17) is 4.42 Å². The van der Waals surface area contributed by atoms with Gasteiger partial charge in [0.25, 0.3) is 0 Å². The lowest BCUT2D eigenvalue weighted by molar-refractivity contribution is 0.227. The fourth-order valence-corrected chi connectivity index (χ4v) is 3.47. The topological polar surface area (TPSA) is 35.1 Å². The summed E-state index contributed by atoms with van der Waals surface area (Å²) in [5.74, 6) is 0.533. The third kappa shape index (κ3) is 2.95. The molecule has 20 heavy (non-hydrogen) atoms. The Balaban J connectivity index is 2.42. The summed E-state index contributed by atoms with van der Waals surface area (Å²) in [7, 11) is 0. The molecule has 2 rings (SSSR count). The monoisotopic (exact) mass is 293 g/mol. The Kier molecular flexibility index (Phi) is 4.97. The average molecular weight is 293 g/mol. The second-order valence-corrected chi connectivity index (χ2v) is 5.90. The van der Waals surface area contributed by atoms with E-state index in [-0.39, 0.29) is 11.2 Å². The van der Waals surface area contributed by atoms with Crippen molar-refractivity contribution >= 4 is 23.7 Å². The van der Waals surface area contributed by atoms with Crippen molar-refractivity contribution in [2.24, 2.45) is 5.41 Å². The quantitative estimate of drug-likeness (QED) is 0.780. The van der Waals surface area contributed by atoms with Crippen LogP contribution in [0.2, 0.25) is 0 Å². The molecule has 4 heteroatoms. The van der Waals surface area contributed by atoms with E-state index in [2.05, 4.69) is 26.5 Å². The van der Waals surface area contributed by atoms with Crippen LogP contribution in [0.3, 0.4) is 0 Å². The van der Waals surface area contributed by atoms with Gasteiger partial charge in [0.2, 0.25) is 0 Å². The van der Waals surface area contributed by atoms with Crippen LogP contribution in [0.5, 0.6) is 0 Å². The van der Waals surface area contributed by atoms with Crippen molar-refractivity contribution in [3.05, 3.63) is 34.8 Å². The van der Waals surface area contributed by atoms with Crippen molar-refractivity contribution in [1.82, 2.24) is 4.57 Å². The van der Waals surface area contributed by atoms with Crippen LogP contribution in [0.25, 0.3) is 11.1 Å². The number of hydrogen-bond acceptors (Lipinski definition) is 3. The third-order valence-electron chi connectivity index (χ3n) is 3.96. The Labute approximate surface area is 125 Å².